The van der Waals surface area contributed by atoms with Gasteiger partial charge in [0, 0.05) is 11.3 Å². The third kappa shape index (κ3) is 1.57. The van der Waals surface area contributed by atoms with Crippen LogP contribution in [0.25, 0.3) is 5.57 Å². The van der Waals surface area contributed by atoms with E-state index in [4.69, 9.17) is 5.73 Å². The number of rotatable bonds is 0. The summed E-state index contributed by atoms with van der Waals surface area (Å²) >= 11 is 0. The Morgan fingerprint density at radius 3 is 2.44 bits per heavy atom. The molecule has 0 fully saturated rings. The van der Waals surface area contributed by atoms with Gasteiger partial charge < -0.3 is 5.73 Å². The number of nitrogens with two attached hydrogens (primary N) is 1. The third-order valence-corrected chi connectivity index (χ3v) is 3.43. The number of hydrogen-bond donors (Lipinski definition) is 1. The van der Waals surface area contributed by atoms with Gasteiger partial charge in [0.15, 0.2) is 0 Å². The Balaban J connectivity index is 2.70. The zero-order chi connectivity index (χ0) is 11.9. The van der Waals surface area contributed by atoms with E-state index in [-0.39, 0.29) is 0 Å². The lowest BCUT2D eigenvalue weighted by molar-refractivity contribution is 1.22. The Morgan fingerprint density at radius 1 is 1.25 bits per heavy atom. The van der Waals surface area contributed by atoms with Gasteiger partial charge in [-0.15, -0.1) is 0 Å². The smallest absolute Gasteiger partial charge is 0.0131 e. The summed E-state index contributed by atoms with van der Waals surface area (Å²) in [6, 6.07) is 4.57. The molecule has 1 aromatic carbocycles. The molecule has 1 heteroatoms. The summed E-state index contributed by atoms with van der Waals surface area (Å²) in [6.45, 7) is 8.40. The van der Waals surface area contributed by atoms with Crippen molar-refractivity contribution < 1.29 is 0 Å². The van der Waals surface area contributed by atoms with Crippen LogP contribution in [0.2, 0.25) is 0 Å². The molecule has 1 nitrogen and oxygen atoms in total. The standard InChI is InChI=1S/C15H19N/c1-5-12-8-13-6-9(2)10(3)7-14(13)15(12)11(4)16/h5-7H,8,16H2,1-4H3/b12-5+,15-11+. The van der Waals surface area contributed by atoms with E-state index >= 15 is 0 Å². The zero-order valence-corrected chi connectivity index (χ0v) is 10.5. The summed E-state index contributed by atoms with van der Waals surface area (Å²) < 4.78 is 0. The van der Waals surface area contributed by atoms with Crippen molar-refractivity contribution in [1.82, 2.24) is 0 Å². The minimum Gasteiger partial charge on any atom is -0.402 e. The van der Waals surface area contributed by atoms with E-state index in [0.29, 0.717) is 0 Å². The van der Waals surface area contributed by atoms with Crippen LogP contribution in [0.1, 0.15) is 36.1 Å². The molecule has 0 bridgehead atoms. The van der Waals surface area contributed by atoms with E-state index in [1.807, 2.05) is 6.92 Å². The first kappa shape index (κ1) is 11.0. The molecule has 0 spiro atoms. The van der Waals surface area contributed by atoms with Crippen LogP contribution in [0.5, 0.6) is 0 Å². The summed E-state index contributed by atoms with van der Waals surface area (Å²) in [5.41, 5.74) is 15.0. The quantitative estimate of drug-likeness (QED) is 0.701. The van der Waals surface area contributed by atoms with Crippen LogP contribution in [-0.2, 0) is 6.42 Å². The molecule has 1 aliphatic rings. The SMILES string of the molecule is C/C=C1\Cc2cc(C)c(C)cc2\C1=C(/C)N. The van der Waals surface area contributed by atoms with Crippen LogP contribution >= 0.6 is 0 Å². The molecule has 0 heterocycles. The van der Waals surface area contributed by atoms with Gasteiger partial charge >= 0.3 is 0 Å². The highest BCUT2D eigenvalue weighted by Crippen LogP contribution is 2.38. The molecule has 84 valence electrons. The molecule has 0 aliphatic heterocycles. The maximum absolute atomic E-state index is 6.01. The van der Waals surface area contributed by atoms with Crippen LogP contribution in [0.3, 0.4) is 0 Å². The average molecular weight is 213 g/mol. The summed E-state index contributed by atoms with van der Waals surface area (Å²) in [5.74, 6) is 0. The second-order valence-corrected chi connectivity index (χ2v) is 4.64. The predicted molar refractivity (Wildman–Crippen MR) is 70.2 cm³/mol. The van der Waals surface area contributed by atoms with Crippen molar-refractivity contribution >= 4 is 5.57 Å². The van der Waals surface area contributed by atoms with E-state index in [0.717, 1.165) is 12.1 Å². The zero-order valence-electron chi connectivity index (χ0n) is 10.5. The summed E-state index contributed by atoms with van der Waals surface area (Å²) in [4.78, 5) is 0. The van der Waals surface area contributed by atoms with Crippen molar-refractivity contribution in [1.29, 1.82) is 0 Å². The minimum absolute atomic E-state index is 0.926. The summed E-state index contributed by atoms with van der Waals surface area (Å²) in [5, 5.41) is 0. The molecule has 0 amide bonds. The molecule has 0 radical (unpaired) electrons. The molecule has 0 saturated carbocycles. The molecule has 2 rings (SSSR count). The largest absolute Gasteiger partial charge is 0.402 e. The molecular formula is C15H19N. The van der Waals surface area contributed by atoms with E-state index in [2.05, 4.69) is 39.0 Å². The summed E-state index contributed by atoms with van der Waals surface area (Å²) in [6.07, 6.45) is 3.20. The lowest BCUT2D eigenvalue weighted by Gasteiger charge is -2.07. The van der Waals surface area contributed by atoms with Gasteiger partial charge in [0.05, 0.1) is 0 Å². The third-order valence-electron chi connectivity index (χ3n) is 3.43. The van der Waals surface area contributed by atoms with Crippen molar-refractivity contribution in [3.05, 3.63) is 51.7 Å². The molecular weight excluding hydrogens is 194 g/mol. The van der Waals surface area contributed by atoms with Crippen LogP contribution in [0.15, 0.2) is 29.5 Å². The number of allylic oxidation sites excluding steroid dienone is 4. The van der Waals surface area contributed by atoms with Crippen molar-refractivity contribution in [3.8, 4) is 0 Å². The van der Waals surface area contributed by atoms with Gasteiger partial charge in [-0.05, 0) is 61.9 Å². The van der Waals surface area contributed by atoms with Gasteiger partial charge in [-0.25, -0.2) is 0 Å². The number of benzene rings is 1. The van der Waals surface area contributed by atoms with Crippen LogP contribution in [0.4, 0.5) is 0 Å². The number of hydrogen-bond acceptors (Lipinski definition) is 1. The fraction of sp³-hybridized carbons (Fsp3) is 0.333. The highest BCUT2D eigenvalue weighted by molar-refractivity contribution is 5.87. The monoisotopic (exact) mass is 213 g/mol. The maximum atomic E-state index is 6.01. The van der Waals surface area contributed by atoms with Crippen molar-refractivity contribution in [2.75, 3.05) is 0 Å². The van der Waals surface area contributed by atoms with Crippen LogP contribution < -0.4 is 5.73 Å². The first-order valence-electron chi connectivity index (χ1n) is 5.77. The highest BCUT2D eigenvalue weighted by atomic mass is 14.6. The predicted octanol–water partition coefficient (Wildman–Crippen LogP) is 3.50. The van der Waals surface area contributed by atoms with Gasteiger partial charge in [0.2, 0.25) is 0 Å². The molecule has 16 heavy (non-hydrogen) atoms. The Morgan fingerprint density at radius 2 is 1.88 bits per heavy atom. The van der Waals surface area contributed by atoms with Gasteiger partial charge in [-0.3, -0.25) is 0 Å². The van der Waals surface area contributed by atoms with Gasteiger partial charge in [0.1, 0.15) is 0 Å². The van der Waals surface area contributed by atoms with Gasteiger partial charge in [-0.2, -0.15) is 0 Å². The highest BCUT2D eigenvalue weighted by Gasteiger charge is 2.22. The fourth-order valence-electron chi connectivity index (χ4n) is 2.43. The Kier molecular flexibility index (Phi) is 2.63. The minimum atomic E-state index is 0.926. The van der Waals surface area contributed by atoms with Crippen LogP contribution in [-0.4, -0.2) is 0 Å². The number of aryl methyl sites for hydroxylation is 2. The molecule has 0 atom stereocenters. The second-order valence-electron chi connectivity index (χ2n) is 4.64. The van der Waals surface area contributed by atoms with E-state index in [9.17, 15) is 0 Å². The van der Waals surface area contributed by atoms with Gasteiger partial charge in [-0.1, -0.05) is 18.2 Å². The summed E-state index contributed by atoms with van der Waals surface area (Å²) in [7, 11) is 0. The van der Waals surface area contributed by atoms with E-state index < -0.39 is 0 Å². The normalized spacial score (nSPS) is 20.1. The number of fused-ring (bicyclic) bond motifs is 1. The molecule has 1 aliphatic carbocycles. The first-order chi connectivity index (χ1) is 7.54. The lowest BCUT2D eigenvalue weighted by Crippen LogP contribution is -1.97. The Bertz CT molecular complexity index is 500. The van der Waals surface area contributed by atoms with Crippen molar-refractivity contribution in [2.24, 2.45) is 5.73 Å². The lowest BCUT2D eigenvalue weighted by atomic mass is 9.99. The van der Waals surface area contributed by atoms with Gasteiger partial charge in [0.25, 0.3) is 0 Å². The topological polar surface area (TPSA) is 26.0 Å². The Hall–Kier alpha value is -1.50. The second kappa shape index (κ2) is 3.82. The van der Waals surface area contributed by atoms with Crippen molar-refractivity contribution in [3.63, 3.8) is 0 Å². The van der Waals surface area contributed by atoms with Crippen LogP contribution in [0, 0.1) is 13.8 Å². The van der Waals surface area contributed by atoms with E-state index in [1.54, 1.807) is 0 Å². The molecule has 0 aromatic heterocycles. The Labute approximate surface area is 97.7 Å². The molecule has 0 unspecified atom stereocenters. The average Bonchev–Trinajstić information content (AvgIpc) is 2.56. The van der Waals surface area contributed by atoms with E-state index in [1.165, 1.54) is 33.4 Å². The maximum Gasteiger partial charge on any atom is 0.0131 e. The first-order valence-corrected chi connectivity index (χ1v) is 5.77. The molecule has 0 saturated heterocycles. The molecule has 2 N–H and O–H groups in total. The van der Waals surface area contributed by atoms with Crippen molar-refractivity contribution in [2.45, 2.75) is 34.1 Å². The molecule has 1 aromatic rings. The fourth-order valence-corrected chi connectivity index (χ4v) is 2.43.